The van der Waals surface area contributed by atoms with E-state index in [1.165, 1.54) is 0 Å². The standard InChI is InChI=1S/C29H26N2O3/c32-28(24-14-8-3-9-15-24)31-27(20-22-10-4-1-5-11-22)29(33)30-25-16-18-26(19-17-25)34-21-23-12-6-2-7-13-23/h1-19,27H,20-21H2,(H,30,33)(H,31,32). The Kier molecular flexibility index (Phi) is 7.70. The average molecular weight is 451 g/mol. The van der Waals surface area contributed by atoms with Crippen molar-refractivity contribution in [2.75, 3.05) is 5.32 Å². The fourth-order valence-corrected chi connectivity index (χ4v) is 3.49. The zero-order chi connectivity index (χ0) is 23.6. The summed E-state index contributed by atoms with van der Waals surface area (Å²) in [5.74, 6) is 0.132. The molecule has 4 aromatic carbocycles. The number of anilines is 1. The summed E-state index contributed by atoms with van der Waals surface area (Å²) in [5, 5.41) is 5.79. The van der Waals surface area contributed by atoms with Crippen LogP contribution in [-0.2, 0) is 17.8 Å². The zero-order valence-corrected chi connectivity index (χ0v) is 18.7. The summed E-state index contributed by atoms with van der Waals surface area (Å²) in [7, 11) is 0. The molecule has 2 amide bonds. The lowest BCUT2D eigenvalue weighted by atomic mass is 10.0. The Bertz CT molecular complexity index is 1190. The second kappa shape index (κ2) is 11.5. The molecule has 0 saturated carbocycles. The van der Waals surface area contributed by atoms with Gasteiger partial charge in [-0.2, -0.15) is 0 Å². The Balaban J connectivity index is 1.41. The fourth-order valence-electron chi connectivity index (χ4n) is 3.49. The molecule has 0 spiro atoms. The Labute approximate surface area is 199 Å². The summed E-state index contributed by atoms with van der Waals surface area (Å²) in [5.41, 5.74) is 3.18. The number of hydrogen-bond donors (Lipinski definition) is 2. The van der Waals surface area contributed by atoms with Crippen molar-refractivity contribution in [3.05, 3.63) is 132 Å². The van der Waals surface area contributed by atoms with Crippen LogP contribution in [0.2, 0.25) is 0 Å². The summed E-state index contributed by atoms with van der Waals surface area (Å²) in [6, 6.07) is 34.9. The van der Waals surface area contributed by atoms with Gasteiger partial charge in [0.2, 0.25) is 5.91 Å². The van der Waals surface area contributed by atoms with Crippen molar-refractivity contribution in [1.82, 2.24) is 5.32 Å². The van der Waals surface area contributed by atoms with E-state index >= 15 is 0 Å². The zero-order valence-electron chi connectivity index (χ0n) is 18.7. The van der Waals surface area contributed by atoms with E-state index in [1.54, 1.807) is 36.4 Å². The van der Waals surface area contributed by atoms with Crippen LogP contribution in [0.5, 0.6) is 5.75 Å². The first-order valence-corrected chi connectivity index (χ1v) is 11.1. The normalized spacial score (nSPS) is 11.3. The van der Waals surface area contributed by atoms with Gasteiger partial charge >= 0.3 is 0 Å². The molecule has 1 unspecified atom stereocenters. The van der Waals surface area contributed by atoms with Crippen molar-refractivity contribution in [3.63, 3.8) is 0 Å². The van der Waals surface area contributed by atoms with Gasteiger partial charge in [-0.15, -0.1) is 0 Å². The third-order valence-corrected chi connectivity index (χ3v) is 5.31. The van der Waals surface area contributed by atoms with Crippen molar-refractivity contribution in [2.24, 2.45) is 0 Å². The number of carbonyl (C=O) groups excluding carboxylic acids is 2. The number of rotatable bonds is 9. The maximum Gasteiger partial charge on any atom is 0.251 e. The molecular formula is C29H26N2O3. The highest BCUT2D eigenvalue weighted by Crippen LogP contribution is 2.18. The topological polar surface area (TPSA) is 67.4 Å². The van der Waals surface area contributed by atoms with E-state index in [-0.39, 0.29) is 11.8 Å². The van der Waals surface area contributed by atoms with Crippen LogP contribution in [0.4, 0.5) is 5.69 Å². The highest BCUT2D eigenvalue weighted by Gasteiger charge is 2.22. The first kappa shape index (κ1) is 22.8. The Morgan fingerprint density at radius 1 is 0.676 bits per heavy atom. The van der Waals surface area contributed by atoms with Crippen LogP contribution in [0.1, 0.15) is 21.5 Å². The predicted molar refractivity (Wildman–Crippen MR) is 134 cm³/mol. The fraction of sp³-hybridized carbons (Fsp3) is 0.103. The van der Waals surface area contributed by atoms with Crippen LogP contribution in [0.25, 0.3) is 0 Å². The largest absolute Gasteiger partial charge is 0.489 e. The molecule has 2 N–H and O–H groups in total. The highest BCUT2D eigenvalue weighted by atomic mass is 16.5. The van der Waals surface area contributed by atoms with Gasteiger partial charge in [0.25, 0.3) is 5.91 Å². The summed E-state index contributed by atoms with van der Waals surface area (Å²) >= 11 is 0. The van der Waals surface area contributed by atoms with E-state index in [2.05, 4.69) is 10.6 Å². The van der Waals surface area contributed by atoms with Crippen LogP contribution in [-0.4, -0.2) is 17.9 Å². The smallest absolute Gasteiger partial charge is 0.251 e. The minimum absolute atomic E-state index is 0.286. The molecule has 34 heavy (non-hydrogen) atoms. The van der Waals surface area contributed by atoms with Crippen LogP contribution in [0, 0.1) is 0 Å². The van der Waals surface area contributed by atoms with E-state index in [9.17, 15) is 9.59 Å². The molecule has 0 aliphatic heterocycles. The van der Waals surface area contributed by atoms with Crippen molar-refractivity contribution >= 4 is 17.5 Å². The molecule has 0 aliphatic carbocycles. The number of nitrogens with one attached hydrogen (secondary N) is 2. The number of carbonyl (C=O) groups is 2. The first-order chi connectivity index (χ1) is 16.7. The molecule has 170 valence electrons. The van der Waals surface area contributed by atoms with Crippen molar-refractivity contribution in [1.29, 1.82) is 0 Å². The van der Waals surface area contributed by atoms with E-state index in [0.717, 1.165) is 11.1 Å². The maximum atomic E-state index is 13.1. The highest BCUT2D eigenvalue weighted by molar-refractivity contribution is 6.01. The summed E-state index contributed by atoms with van der Waals surface area (Å²) in [6.45, 7) is 0.469. The second-order valence-corrected chi connectivity index (χ2v) is 7.87. The maximum absolute atomic E-state index is 13.1. The van der Waals surface area contributed by atoms with E-state index < -0.39 is 6.04 Å². The molecule has 0 saturated heterocycles. The molecule has 5 heteroatoms. The van der Waals surface area contributed by atoms with Gasteiger partial charge in [0.15, 0.2) is 0 Å². The monoisotopic (exact) mass is 450 g/mol. The van der Waals surface area contributed by atoms with Crippen molar-refractivity contribution < 1.29 is 14.3 Å². The van der Waals surface area contributed by atoms with E-state index in [4.69, 9.17) is 4.74 Å². The molecule has 0 bridgehead atoms. The number of hydrogen-bond acceptors (Lipinski definition) is 3. The van der Waals surface area contributed by atoms with Crippen LogP contribution >= 0.6 is 0 Å². The lowest BCUT2D eigenvalue weighted by molar-refractivity contribution is -0.118. The third-order valence-electron chi connectivity index (χ3n) is 5.31. The number of benzene rings is 4. The predicted octanol–water partition coefficient (Wildman–Crippen LogP) is 5.25. The van der Waals surface area contributed by atoms with E-state index in [0.29, 0.717) is 30.0 Å². The van der Waals surface area contributed by atoms with Gasteiger partial charge in [0.05, 0.1) is 0 Å². The molecule has 0 aliphatic rings. The molecule has 4 rings (SSSR count). The van der Waals surface area contributed by atoms with Crippen molar-refractivity contribution in [3.8, 4) is 5.75 Å². The SMILES string of the molecule is O=C(NC(Cc1ccccc1)C(=O)Nc1ccc(OCc2ccccc2)cc1)c1ccccc1. The lowest BCUT2D eigenvalue weighted by Crippen LogP contribution is -2.45. The van der Waals surface area contributed by atoms with Crippen LogP contribution in [0.3, 0.4) is 0 Å². The molecule has 0 aromatic heterocycles. The molecule has 1 atom stereocenters. The van der Waals surface area contributed by atoms with Gasteiger partial charge in [-0.05, 0) is 47.5 Å². The van der Waals surface area contributed by atoms with Crippen LogP contribution in [0.15, 0.2) is 115 Å². The lowest BCUT2D eigenvalue weighted by Gasteiger charge is -2.19. The van der Waals surface area contributed by atoms with Gasteiger partial charge in [0.1, 0.15) is 18.4 Å². The number of ether oxygens (including phenoxy) is 1. The summed E-state index contributed by atoms with van der Waals surface area (Å²) in [6.07, 6.45) is 0.378. The Morgan fingerprint density at radius 3 is 1.85 bits per heavy atom. The van der Waals surface area contributed by atoms with Crippen molar-refractivity contribution in [2.45, 2.75) is 19.1 Å². The van der Waals surface area contributed by atoms with Gasteiger partial charge in [-0.3, -0.25) is 9.59 Å². The average Bonchev–Trinajstić information content (AvgIpc) is 2.89. The minimum atomic E-state index is -0.732. The quantitative estimate of drug-likeness (QED) is 0.366. The number of amides is 2. The minimum Gasteiger partial charge on any atom is -0.489 e. The Morgan fingerprint density at radius 2 is 1.24 bits per heavy atom. The summed E-state index contributed by atoms with van der Waals surface area (Å²) in [4.78, 5) is 25.9. The Hall–Kier alpha value is -4.38. The van der Waals surface area contributed by atoms with E-state index in [1.807, 2.05) is 78.9 Å². The third kappa shape index (κ3) is 6.56. The molecule has 0 fully saturated rings. The van der Waals surface area contributed by atoms with Gasteiger partial charge < -0.3 is 15.4 Å². The molecule has 5 nitrogen and oxygen atoms in total. The van der Waals surface area contributed by atoms with Crippen LogP contribution < -0.4 is 15.4 Å². The molecule has 0 heterocycles. The summed E-state index contributed by atoms with van der Waals surface area (Å²) < 4.78 is 5.81. The molecule has 4 aromatic rings. The van der Waals surface area contributed by atoms with Gasteiger partial charge in [-0.25, -0.2) is 0 Å². The first-order valence-electron chi connectivity index (χ1n) is 11.1. The molecular weight excluding hydrogens is 424 g/mol. The van der Waals surface area contributed by atoms with Gasteiger partial charge in [-0.1, -0.05) is 78.9 Å². The second-order valence-electron chi connectivity index (χ2n) is 7.87. The van der Waals surface area contributed by atoms with Gasteiger partial charge in [0, 0.05) is 17.7 Å². The molecule has 0 radical (unpaired) electrons.